The number of aromatic nitrogens is 2. The standard InChI is InChI=1S/C20H31N5O3/c1-22-13-17(28-15-20(22)27)14-24-8-6-23(7-9-24)10-11-25-19(26)12-16-4-2-3-5-18(16)21-25/h12,17H,2-11,13-15H2,1H3. The molecule has 3 heterocycles. The molecule has 154 valence electrons. The molecule has 2 saturated heterocycles. The minimum Gasteiger partial charge on any atom is -0.365 e. The summed E-state index contributed by atoms with van der Waals surface area (Å²) in [6.07, 6.45) is 4.44. The van der Waals surface area contributed by atoms with E-state index in [2.05, 4.69) is 14.9 Å². The average molecular weight is 390 g/mol. The molecular weight excluding hydrogens is 358 g/mol. The summed E-state index contributed by atoms with van der Waals surface area (Å²) in [5.41, 5.74) is 2.30. The Morgan fingerprint density at radius 1 is 1.07 bits per heavy atom. The number of aryl methyl sites for hydroxylation is 2. The number of ether oxygens (including phenoxy) is 1. The van der Waals surface area contributed by atoms with Crippen molar-refractivity contribution in [3.05, 3.63) is 27.7 Å². The van der Waals surface area contributed by atoms with Crippen molar-refractivity contribution in [3.63, 3.8) is 0 Å². The molecule has 0 spiro atoms. The van der Waals surface area contributed by atoms with E-state index < -0.39 is 0 Å². The highest BCUT2D eigenvalue weighted by Crippen LogP contribution is 2.17. The van der Waals surface area contributed by atoms with Crippen LogP contribution in [0.4, 0.5) is 0 Å². The third-order valence-electron chi connectivity index (χ3n) is 6.17. The van der Waals surface area contributed by atoms with E-state index in [1.807, 2.05) is 7.05 Å². The number of fused-ring (bicyclic) bond motifs is 1. The Morgan fingerprint density at radius 2 is 1.82 bits per heavy atom. The van der Waals surface area contributed by atoms with Crippen molar-refractivity contribution in [2.75, 3.05) is 59.5 Å². The van der Waals surface area contributed by atoms with Crippen LogP contribution in [0.3, 0.4) is 0 Å². The van der Waals surface area contributed by atoms with Gasteiger partial charge < -0.3 is 9.64 Å². The largest absolute Gasteiger partial charge is 0.365 e. The molecule has 28 heavy (non-hydrogen) atoms. The summed E-state index contributed by atoms with van der Waals surface area (Å²) in [7, 11) is 1.84. The van der Waals surface area contributed by atoms with Gasteiger partial charge in [-0.05, 0) is 31.2 Å². The van der Waals surface area contributed by atoms with Crippen LogP contribution in [0.15, 0.2) is 10.9 Å². The van der Waals surface area contributed by atoms with Gasteiger partial charge in [-0.2, -0.15) is 5.10 Å². The van der Waals surface area contributed by atoms with Gasteiger partial charge in [0.1, 0.15) is 6.61 Å². The summed E-state index contributed by atoms with van der Waals surface area (Å²) in [5, 5.41) is 4.62. The average Bonchev–Trinajstić information content (AvgIpc) is 2.70. The Hall–Kier alpha value is -1.77. The van der Waals surface area contributed by atoms with Gasteiger partial charge in [0.15, 0.2) is 0 Å². The van der Waals surface area contributed by atoms with Crippen LogP contribution in [0.1, 0.15) is 24.1 Å². The normalized spacial score (nSPS) is 24.4. The molecule has 0 N–H and O–H groups in total. The van der Waals surface area contributed by atoms with Crippen LogP contribution in [0.2, 0.25) is 0 Å². The quantitative estimate of drug-likeness (QED) is 0.682. The van der Waals surface area contributed by atoms with Crippen molar-refractivity contribution in [1.29, 1.82) is 0 Å². The fourth-order valence-electron chi connectivity index (χ4n) is 4.35. The van der Waals surface area contributed by atoms with Gasteiger partial charge >= 0.3 is 0 Å². The predicted octanol–water partition coefficient (Wildman–Crippen LogP) is -0.403. The number of nitrogens with zero attached hydrogens (tertiary/aromatic N) is 5. The molecule has 1 amide bonds. The van der Waals surface area contributed by atoms with Crippen molar-refractivity contribution in [2.24, 2.45) is 0 Å². The van der Waals surface area contributed by atoms with Gasteiger partial charge in [-0.25, -0.2) is 4.68 Å². The zero-order valence-corrected chi connectivity index (χ0v) is 16.8. The number of morpholine rings is 1. The first-order chi connectivity index (χ1) is 13.6. The molecule has 8 nitrogen and oxygen atoms in total. The van der Waals surface area contributed by atoms with Crippen molar-refractivity contribution in [1.82, 2.24) is 24.5 Å². The van der Waals surface area contributed by atoms with E-state index >= 15 is 0 Å². The fraction of sp³-hybridized carbons (Fsp3) is 0.750. The number of carbonyl (C=O) groups excluding carboxylic acids is 1. The molecule has 3 aliphatic rings. The molecule has 4 rings (SSSR count). The molecule has 8 heteroatoms. The lowest BCUT2D eigenvalue weighted by molar-refractivity contribution is -0.148. The van der Waals surface area contributed by atoms with E-state index in [0.717, 1.165) is 63.4 Å². The number of hydrogen-bond acceptors (Lipinski definition) is 6. The van der Waals surface area contributed by atoms with E-state index in [-0.39, 0.29) is 24.2 Å². The van der Waals surface area contributed by atoms with Gasteiger partial charge in [-0.15, -0.1) is 0 Å². The van der Waals surface area contributed by atoms with E-state index in [0.29, 0.717) is 13.1 Å². The van der Waals surface area contributed by atoms with Crippen LogP contribution in [-0.2, 0) is 28.9 Å². The van der Waals surface area contributed by atoms with Gasteiger partial charge in [0.05, 0.1) is 18.3 Å². The monoisotopic (exact) mass is 389 g/mol. The Balaban J connectivity index is 1.23. The molecule has 0 radical (unpaired) electrons. The van der Waals surface area contributed by atoms with E-state index in [1.54, 1.807) is 15.6 Å². The van der Waals surface area contributed by atoms with Crippen LogP contribution in [0, 0.1) is 0 Å². The van der Waals surface area contributed by atoms with E-state index in [4.69, 9.17) is 4.74 Å². The highest BCUT2D eigenvalue weighted by molar-refractivity contribution is 5.77. The molecule has 0 aromatic carbocycles. The SMILES string of the molecule is CN1CC(CN2CCN(CCn3nc4c(cc3=O)CCCC4)CC2)OCC1=O. The van der Waals surface area contributed by atoms with Crippen molar-refractivity contribution < 1.29 is 9.53 Å². The number of piperazine rings is 1. The topological polar surface area (TPSA) is 70.9 Å². The lowest BCUT2D eigenvalue weighted by Gasteiger charge is -2.38. The number of amides is 1. The van der Waals surface area contributed by atoms with Crippen LogP contribution >= 0.6 is 0 Å². The molecular formula is C20H31N5O3. The molecule has 1 aromatic rings. The summed E-state index contributed by atoms with van der Waals surface area (Å²) >= 11 is 0. The molecule has 2 fully saturated rings. The third-order valence-corrected chi connectivity index (χ3v) is 6.17. The number of rotatable bonds is 5. The molecule has 1 atom stereocenters. The number of carbonyl (C=O) groups is 1. The Kier molecular flexibility index (Phi) is 6.08. The molecule has 2 aliphatic heterocycles. The summed E-state index contributed by atoms with van der Waals surface area (Å²) in [6, 6.07) is 1.80. The number of likely N-dealkylation sites (N-methyl/N-ethyl adjacent to an activating group) is 1. The zero-order valence-electron chi connectivity index (χ0n) is 16.8. The molecule has 0 saturated carbocycles. The Morgan fingerprint density at radius 3 is 2.61 bits per heavy atom. The smallest absolute Gasteiger partial charge is 0.267 e. The fourth-order valence-corrected chi connectivity index (χ4v) is 4.35. The maximum atomic E-state index is 12.3. The van der Waals surface area contributed by atoms with Crippen molar-refractivity contribution >= 4 is 5.91 Å². The maximum Gasteiger partial charge on any atom is 0.267 e. The molecule has 1 unspecified atom stereocenters. The molecule has 1 aromatic heterocycles. The van der Waals surface area contributed by atoms with Gasteiger partial charge in [0.2, 0.25) is 5.91 Å². The Bertz CT molecular complexity index is 757. The molecule has 1 aliphatic carbocycles. The molecule has 0 bridgehead atoms. The number of hydrogen-bond donors (Lipinski definition) is 0. The minimum atomic E-state index is 0.0346. The lowest BCUT2D eigenvalue weighted by Crippen LogP contribution is -2.53. The second-order valence-electron chi connectivity index (χ2n) is 8.23. The van der Waals surface area contributed by atoms with Crippen LogP contribution in [0.25, 0.3) is 0 Å². The van der Waals surface area contributed by atoms with Gasteiger partial charge in [0.25, 0.3) is 5.56 Å². The highest BCUT2D eigenvalue weighted by atomic mass is 16.5. The van der Waals surface area contributed by atoms with Crippen LogP contribution in [0.5, 0.6) is 0 Å². The maximum absolute atomic E-state index is 12.3. The first kappa shape index (κ1) is 19.5. The first-order valence-electron chi connectivity index (χ1n) is 10.5. The Labute approximate surface area is 166 Å². The second-order valence-corrected chi connectivity index (χ2v) is 8.23. The summed E-state index contributed by atoms with van der Waals surface area (Å²) in [5.74, 6) is 0.0621. The second kappa shape index (κ2) is 8.71. The highest BCUT2D eigenvalue weighted by Gasteiger charge is 2.26. The van der Waals surface area contributed by atoms with E-state index in [1.165, 1.54) is 12.8 Å². The summed E-state index contributed by atoms with van der Waals surface area (Å²) < 4.78 is 7.31. The van der Waals surface area contributed by atoms with Crippen molar-refractivity contribution in [3.8, 4) is 0 Å². The van der Waals surface area contributed by atoms with Gasteiger partial charge in [-0.1, -0.05) is 0 Å². The summed E-state index contributed by atoms with van der Waals surface area (Å²) in [4.78, 5) is 30.4. The zero-order chi connectivity index (χ0) is 19.5. The minimum absolute atomic E-state index is 0.0346. The summed E-state index contributed by atoms with van der Waals surface area (Å²) in [6.45, 7) is 7.21. The van der Waals surface area contributed by atoms with Crippen LogP contribution in [-0.4, -0.2) is 96.0 Å². The van der Waals surface area contributed by atoms with Gasteiger partial charge in [-0.3, -0.25) is 19.4 Å². The van der Waals surface area contributed by atoms with Crippen LogP contribution < -0.4 is 5.56 Å². The van der Waals surface area contributed by atoms with E-state index in [9.17, 15) is 9.59 Å². The van der Waals surface area contributed by atoms with Gasteiger partial charge in [0, 0.05) is 58.9 Å². The van der Waals surface area contributed by atoms with Crippen molar-refractivity contribution in [2.45, 2.75) is 38.3 Å². The lowest BCUT2D eigenvalue weighted by atomic mass is 9.97. The first-order valence-corrected chi connectivity index (χ1v) is 10.5. The third kappa shape index (κ3) is 4.61. The predicted molar refractivity (Wildman–Crippen MR) is 105 cm³/mol.